The van der Waals surface area contributed by atoms with Gasteiger partial charge < -0.3 is 4.90 Å². The van der Waals surface area contributed by atoms with Gasteiger partial charge in [-0.3, -0.25) is 15.1 Å². The Hall–Kier alpha value is -2.28. The van der Waals surface area contributed by atoms with Crippen LogP contribution in [0.1, 0.15) is 23.6 Å². The monoisotopic (exact) mass is 380 g/mol. The summed E-state index contributed by atoms with van der Waals surface area (Å²) < 4.78 is 13.6. The smallest absolute Gasteiger partial charge is 0.229 e. The third-order valence-corrected chi connectivity index (χ3v) is 6.37. The van der Waals surface area contributed by atoms with Crippen molar-refractivity contribution in [2.45, 2.75) is 31.1 Å². The second-order valence-corrected chi connectivity index (χ2v) is 8.11. The van der Waals surface area contributed by atoms with Gasteiger partial charge >= 0.3 is 0 Å². The number of fused-ring (bicyclic) bond motifs is 2. The van der Waals surface area contributed by atoms with Crippen LogP contribution in [0.5, 0.6) is 0 Å². The molecular formula is C22H25FN4O. The molecule has 0 aliphatic carbocycles. The lowest BCUT2D eigenvalue weighted by Gasteiger charge is -2.36. The standard InChI is InChI=1S/C22H25FN4O/c23-17-8-4-7-16(9-17)21-20(11-24-25-21)22(28)27-14-18-10-19(27)13-26(18)12-15-5-2-1-3-6-15/h1-9,18-21,24-25H,10-14H2/t18-,19-,20?,21?/m0/s1. The van der Waals surface area contributed by atoms with E-state index in [0.29, 0.717) is 12.6 Å². The Balaban J connectivity index is 1.26. The number of likely N-dealkylation sites (tertiary alicyclic amines) is 2. The molecule has 3 heterocycles. The summed E-state index contributed by atoms with van der Waals surface area (Å²) in [6, 6.07) is 17.6. The van der Waals surface area contributed by atoms with Crippen molar-refractivity contribution < 1.29 is 9.18 Å². The van der Waals surface area contributed by atoms with Gasteiger partial charge in [-0.15, -0.1) is 0 Å². The fraction of sp³-hybridized carbons (Fsp3) is 0.409. The molecule has 5 rings (SSSR count). The molecule has 28 heavy (non-hydrogen) atoms. The summed E-state index contributed by atoms with van der Waals surface area (Å²) in [4.78, 5) is 17.9. The molecule has 3 aliphatic rings. The Morgan fingerprint density at radius 3 is 2.68 bits per heavy atom. The molecule has 2 aromatic rings. The number of nitrogens with one attached hydrogen (secondary N) is 2. The average molecular weight is 380 g/mol. The van der Waals surface area contributed by atoms with E-state index >= 15 is 0 Å². The van der Waals surface area contributed by atoms with Crippen molar-refractivity contribution >= 4 is 5.91 Å². The molecule has 2 bridgehead atoms. The minimum absolute atomic E-state index is 0.179. The number of carbonyl (C=O) groups excluding carboxylic acids is 1. The molecule has 0 radical (unpaired) electrons. The van der Waals surface area contributed by atoms with E-state index in [4.69, 9.17) is 0 Å². The molecule has 0 saturated carbocycles. The van der Waals surface area contributed by atoms with Crippen molar-refractivity contribution in [1.29, 1.82) is 0 Å². The van der Waals surface area contributed by atoms with Crippen LogP contribution in [-0.4, -0.2) is 47.4 Å². The number of piperazine rings is 1. The number of nitrogens with zero attached hydrogens (tertiary/aromatic N) is 2. The molecule has 3 fully saturated rings. The van der Waals surface area contributed by atoms with Gasteiger partial charge in [-0.2, -0.15) is 0 Å². The lowest BCUT2D eigenvalue weighted by molar-refractivity contribution is -0.138. The number of benzene rings is 2. The zero-order valence-corrected chi connectivity index (χ0v) is 15.7. The Morgan fingerprint density at radius 2 is 1.93 bits per heavy atom. The van der Waals surface area contributed by atoms with Crippen LogP contribution in [0.15, 0.2) is 54.6 Å². The third-order valence-electron chi connectivity index (χ3n) is 6.37. The van der Waals surface area contributed by atoms with Crippen LogP contribution in [0.4, 0.5) is 4.39 Å². The van der Waals surface area contributed by atoms with Crippen LogP contribution in [0.25, 0.3) is 0 Å². The number of hydrogen-bond acceptors (Lipinski definition) is 4. The molecular weight excluding hydrogens is 355 g/mol. The zero-order chi connectivity index (χ0) is 19.1. The summed E-state index contributed by atoms with van der Waals surface area (Å²) in [6.45, 7) is 3.25. The van der Waals surface area contributed by atoms with Crippen LogP contribution >= 0.6 is 0 Å². The Bertz CT molecular complexity index is 861. The first kappa shape index (κ1) is 17.8. The highest BCUT2D eigenvalue weighted by Crippen LogP contribution is 2.35. The van der Waals surface area contributed by atoms with Crippen molar-refractivity contribution in [3.8, 4) is 0 Å². The van der Waals surface area contributed by atoms with E-state index in [1.807, 2.05) is 12.1 Å². The van der Waals surface area contributed by atoms with Crippen molar-refractivity contribution in [1.82, 2.24) is 20.7 Å². The minimum Gasteiger partial charge on any atom is -0.336 e. The Morgan fingerprint density at radius 1 is 1.07 bits per heavy atom. The van der Waals surface area contributed by atoms with Crippen molar-refractivity contribution in [2.75, 3.05) is 19.6 Å². The topological polar surface area (TPSA) is 47.6 Å². The molecule has 2 N–H and O–H groups in total. The van der Waals surface area contributed by atoms with E-state index in [-0.39, 0.29) is 29.7 Å². The first-order valence-electron chi connectivity index (χ1n) is 10.0. The molecule has 0 spiro atoms. The summed E-state index contributed by atoms with van der Waals surface area (Å²) in [5, 5.41) is 0. The van der Waals surface area contributed by atoms with Gasteiger partial charge in [-0.1, -0.05) is 42.5 Å². The van der Waals surface area contributed by atoms with Gasteiger partial charge in [0, 0.05) is 38.3 Å². The number of hydrogen-bond donors (Lipinski definition) is 2. The fourth-order valence-electron chi connectivity index (χ4n) is 4.99. The molecule has 5 nitrogen and oxygen atoms in total. The molecule has 0 aromatic heterocycles. The maximum absolute atomic E-state index is 13.6. The first-order chi connectivity index (χ1) is 13.7. The lowest BCUT2D eigenvalue weighted by atomic mass is 9.93. The second-order valence-electron chi connectivity index (χ2n) is 8.11. The quantitative estimate of drug-likeness (QED) is 0.853. The Labute approximate surface area is 164 Å². The number of carbonyl (C=O) groups is 1. The van der Waals surface area contributed by atoms with Crippen molar-refractivity contribution in [2.24, 2.45) is 5.92 Å². The lowest BCUT2D eigenvalue weighted by Crippen LogP contribution is -2.51. The van der Waals surface area contributed by atoms with E-state index in [1.165, 1.54) is 17.7 Å². The predicted molar refractivity (Wildman–Crippen MR) is 105 cm³/mol. The number of amides is 1. The summed E-state index contributed by atoms with van der Waals surface area (Å²) in [5.41, 5.74) is 8.41. The molecule has 6 heteroatoms. The van der Waals surface area contributed by atoms with Crippen molar-refractivity contribution in [3.63, 3.8) is 0 Å². The van der Waals surface area contributed by atoms with E-state index in [9.17, 15) is 9.18 Å². The van der Waals surface area contributed by atoms with Gasteiger partial charge in [0.1, 0.15) is 5.82 Å². The Kier molecular flexibility index (Phi) is 4.62. The van der Waals surface area contributed by atoms with Crippen LogP contribution in [0, 0.1) is 11.7 Å². The highest BCUT2D eigenvalue weighted by atomic mass is 19.1. The summed E-state index contributed by atoms with van der Waals surface area (Å²) in [6.07, 6.45) is 1.05. The highest BCUT2D eigenvalue weighted by molar-refractivity contribution is 5.81. The summed E-state index contributed by atoms with van der Waals surface area (Å²) >= 11 is 0. The third kappa shape index (κ3) is 3.21. The zero-order valence-electron chi connectivity index (χ0n) is 15.7. The molecule has 146 valence electrons. The van der Waals surface area contributed by atoms with E-state index in [2.05, 4.69) is 44.9 Å². The van der Waals surface area contributed by atoms with Gasteiger partial charge in [0.15, 0.2) is 0 Å². The fourth-order valence-corrected chi connectivity index (χ4v) is 4.99. The second kappa shape index (κ2) is 7.28. The van der Waals surface area contributed by atoms with Gasteiger partial charge in [0.2, 0.25) is 5.91 Å². The molecule has 2 aromatic carbocycles. The molecule has 1 amide bonds. The van der Waals surface area contributed by atoms with Crippen LogP contribution in [0.2, 0.25) is 0 Å². The summed E-state index contributed by atoms with van der Waals surface area (Å²) in [5.74, 6) is -0.295. The predicted octanol–water partition coefficient (Wildman–Crippen LogP) is 2.08. The molecule has 4 atom stereocenters. The SMILES string of the molecule is O=C(C1CNNC1c1cccc(F)c1)N1C[C@@H]2C[C@H]1CN2Cc1ccccc1. The van der Waals surface area contributed by atoms with Gasteiger partial charge in [-0.25, -0.2) is 9.82 Å². The van der Waals surface area contributed by atoms with Gasteiger partial charge in [0.05, 0.1) is 12.0 Å². The maximum atomic E-state index is 13.6. The van der Waals surface area contributed by atoms with Gasteiger partial charge in [-0.05, 0) is 29.7 Å². The van der Waals surface area contributed by atoms with E-state index in [1.54, 1.807) is 6.07 Å². The highest BCUT2D eigenvalue weighted by Gasteiger charge is 2.48. The maximum Gasteiger partial charge on any atom is 0.229 e. The molecule has 2 unspecified atom stereocenters. The van der Waals surface area contributed by atoms with Crippen molar-refractivity contribution in [3.05, 3.63) is 71.5 Å². The van der Waals surface area contributed by atoms with E-state index in [0.717, 1.165) is 31.6 Å². The first-order valence-corrected chi connectivity index (χ1v) is 10.0. The normalized spacial score (nSPS) is 29.5. The number of halogens is 1. The van der Waals surface area contributed by atoms with E-state index < -0.39 is 0 Å². The molecule has 3 aliphatic heterocycles. The number of rotatable bonds is 4. The van der Waals surface area contributed by atoms with Crippen LogP contribution < -0.4 is 10.9 Å². The minimum atomic E-state index is -0.269. The van der Waals surface area contributed by atoms with Gasteiger partial charge in [0.25, 0.3) is 0 Å². The molecule has 3 saturated heterocycles. The van der Waals surface area contributed by atoms with Crippen LogP contribution in [-0.2, 0) is 11.3 Å². The number of hydrazine groups is 1. The van der Waals surface area contributed by atoms with Crippen LogP contribution in [0.3, 0.4) is 0 Å². The summed E-state index contributed by atoms with van der Waals surface area (Å²) in [7, 11) is 0. The average Bonchev–Trinajstić information content (AvgIpc) is 3.44. The largest absolute Gasteiger partial charge is 0.336 e.